The largest absolute Gasteiger partial charge is 0.489 e. The minimum atomic E-state index is -0.516. The van der Waals surface area contributed by atoms with Crippen molar-refractivity contribution in [1.29, 1.82) is 0 Å². The number of hydrogen-bond acceptors (Lipinski definition) is 6. The molecule has 6 nitrogen and oxygen atoms in total. The summed E-state index contributed by atoms with van der Waals surface area (Å²) in [7, 11) is 0. The van der Waals surface area contributed by atoms with Crippen molar-refractivity contribution < 1.29 is 9.84 Å². The average molecular weight is 306 g/mol. The van der Waals surface area contributed by atoms with Crippen molar-refractivity contribution in [3.05, 3.63) is 18.5 Å². The van der Waals surface area contributed by atoms with Crippen LogP contribution in [0.4, 0.5) is 5.69 Å². The van der Waals surface area contributed by atoms with Gasteiger partial charge in [-0.2, -0.15) is 0 Å². The molecule has 1 fully saturated rings. The Hall–Kier alpha value is -1.37. The van der Waals surface area contributed by atoms with Crippen molar-refractivity contribution in [3.8, 4) is 5.75 Å². The number of piperazine rings is 1. The first-order chi connectivity index (χ1) is 10.6. The number of hydrogen-bond donors (Lipinski definition) is 1. The number of rotatable bonds is 4. The van der Waals surface area contributed by atoms with E-state index in [1.54, 1.807) is 12.4 Å². The summed E-state index contributed by atoms with van der Waals surface area (Å²) in [5.74, 6) is 0.810. The van der Waals surface area contributed by atoms with Gasteiger partial charge in [0, 0.05) is 51.0 Å². The van der Waals surface area contributed by atoms with Crippen LogP contribution in [0.2, 0.25) is 0 Å². The van der Waals surface area contributed by atoms with Gasteiger partial charge in [-0.25, -0.2) is 0 Å². The first kappa shape index (κ1) is 15.5. The molecule has 3 rings (SSSR count). The lowest BCUT2D eigenvalue weighted by Gasteiger charge is -2.40. The SMILES string of the molecule is CC(C)N1CCN(CC(O)N2CCOc3ccncc32)CC1. The van der Waals surface area contributed by atoms with Gasteiger partial charge in [-0.15, -0.1) is 0 Å². The van der Waals surface area contributed by atoms with E-state index in [9.17, 15) is 5.11 Å². The molecule has 1 aromatic heterocycles. The van der Waals surface area contributed by atoms with E-state index >= 15 is 0 Å². The Morgan fingerprint density at radius 1 is 1.23 bits per heavy atom. The molecule has 0 aliphatic carbocycles. The lowest BCUT2D eigenvalue weighted by molar-refractivity contribution is 0.0580. The number of pyridine rings is 1. The van der Waals surface area contributed by atoms with E-state index in [-0.39, 0.29) is 0 Å². The molecule has 0 radical (unpaired) electrons. The van der Waals surface area contributed by atoms with E-state index in [1.165, 1.54) is 0 Å². The first-order valence-corrected chi connectivity index (χ1v) is 8.13. The highest BCUT2D eigenvalue weighted by atomic mass is 16.5. The fourth-order valence-corrected chi connectivity index (χ4v) is 3.19. The summed E-state index contributed by atoms with van der Waals surface area (Å²) in [6.45, 7) is 10.6. The summed E-state index contributed by atoms with van der Waals surface area (Å²) in [4.78, 5) is 11.0. The number of β-amino-alcohol motifs (C(OH)–C–C–N with tert-alkyl or cyclic N) is 1. The highest BCUT2D eigenvalue weighted by molar-refractivity contribution is 5.58. The van der Waals surface area contributed by atoms with Crippen LogP contribution in [0, 0.1) is 0 Å². The Labute approximate surface area is 132 Å². The minimum Gasteiger partial charge on any atom is -0.489 e. The fraction of sp³-hybridized carbons (Fsp3) is 0.688. The Bertz CT molecular complexity index is 489. The summed E-state index contributed by atoms with van der Waals surface area (Å²) in [6, 6.07) is 2.46. The number of aromatic nitrogens is 1. The Kier molecular flexibility index (Phi) is 4.81. The zero-order valence-corrected chi connectivity index (χ0v) is 13.5. The Balaban J connectivity index is 1.58. The number of anilines is 1. The van der Waals surface area contributed by atoms with Gasteiger partial charge in [-0.05, 0) is 13.8 Å². The van der Waals surface area contributed by atoms with Crippen LogP contribution in [-0.4, -0.2) is 78.0 Å². The minimum absolute atomic E-state index is 0.516. The molecule has 1 saturated heterocycles. The van der Waals surface area contributed by atoms with Crippen molar-refractivity contribution in [1.82, 2.24) is 14.8 Å². The number of aliphatic hydroxyl groups is 1. The number of fused-ring (bicyclic) bond motifs is 1. The van der Waals surface area contributed by atoms with Gasteiger partial charge in [0.05, 0.1) is 12.7 Å². The maximum Gasteiger partial charge on any atom is 0.145 e. The lowest BCUT2D eigenvalue weighted by Crippen LogP contribution is -2.53. The third-order valence-electron chi connectivity index (χ3n) is 4.58. The predicted molar refractivity (Wildman–Crippen MR) is 86.2 cm³/mol. The lowest BCUT2D eigenvalue weighted by atomic mass is 10.2. The molecule has 0 spiro atoms. The van der Waals surface area contributed by atoms with Gasteiger partial charge in [0.15, 0.2) is 0 Å². The van der Waals surface area contributed by atoms with Crippen molar-refractivity contribution in [2.75, 3.05) is 50.8 Å². The second kappa shape index (κ2) is 6.81. The summed E-state index contributed by atoms with van der Waals surface area (Å²) in [5, 5.41) is 10.6. The molecule has 3 heterocycles. The van der Waals surface area contributed by atoms with Crippen molar-refractivity contribution in [2.45, 2.75) is 26.1 Å². The van der Waals surface area contributed by atoms with Gasteiger partial charge in [-0.3, -0.25) is 14.8 Å². The first-order valence-electron chi connectivity index (χ1n) is 8.13. The van der Waals surface area contributed by atoms with Crippen LogP contribution < -0.4 is 9.64 Å². The highest BCUT2D eigenvalue weighted by Gasteiger charge is 2.27. The van der Waals surface area contributed by atoms with Gasteiger partial charge >= 0.3 is 0 Å². The topological polar surface area (TPSA) is 52.1 Å². The predicted octanol–water partition coefficient (Wildman–Crippen LogP) is 0.625. The monoisotopic (exact) mass is 306 g/mol. The normalized spacial score (nSPS) is 21.5. The second-order valence-corrected chi connectivity index (χ2v) is 6.30. The molecule has 2 aliphatic rings. The Morgan fingerprint density at radius 2 is 2.00 bits per heavy atom. The average Bonchev–Trinajstić information content (AvgIpc) is 2.54. The molecule has 0 aromatic carbocycles. The smallest absolute Gasteiger partial charge is 0.145 e. The quantitative estimate of drug-likeness (QED) is 0.880. The molecule has 22 heavy (non-hydrogen) atoms. The molecule has 0 amide bonds. The molecule has 1 aromatic rings. The van der Waals surface area contributed by atoms with E-state index in [4.69, 9.17) is 4.74 Å². The maximum atomic E-state index is 10.6. The van der Waals surface area contributed by atoms with E-state index in [0.717, 1.165) is 37.6 Å². The van der Waals surface area contributed by atoms with Crippen molar-refractivity contribution in [2.24, 2.45) is 0 Å². The molecule has 1 atom stereocenters. The number of ether oxygens (including phenoxy) is 1. The maximum absolute atomic E-state index is 10.6. The van der Waals surface area contributed by atoms with Crippen LogP contribution in [0.15, 0.2) is 18.5 Å². The summed E-state index contributed by atoms with van der Waals surface area (Å²) in [5.41, 5.74) is 0.891. The van der Waals surface area contributed by atoms with Crippen molar-refractivity contribution in [3.63, 3.8) is 0 Å². The highest BCUT2D eigenvalue weighted by Crippen LogP contribution is 2.31. The van der Waals surface area contributed by atoms with Crippen LogP contribution in [0.25, 0.3) is 0 Å². The molecule has 1 unspecified atom stereocenters. The molecule has 0 saturated carbocycles. The third kappa shape index (κ3) is 3.34. The van der Waals surface area contributed by atoms with Gasteiger partial charge in [0.2, 0.25) is 0 Å². The van der Waals surface area contributed by atoms with Gasteiger partial charge in [0.25, 0.3) is 0 Å². The summed E-state index contributed by atoms with van der Waals surface area (Å²) < 4.78 is 5.62. The Morgan fingerprint density at radius 3 is 2.73 bits per heavy atom. The molecular formula is C16H26N4O2. The van der Waals surface area contributed by atoms with Gasteiger partial charge in [-0.1, -0.05) is 0 Å². The van der Waals surface area contributed by atoms with Crippen molar-refractivity contribution >= 4 is 5.69 Å². The number of aliphatic hydroxyl groups excluding tert-OH is 1. The fourth-order valence-electron chi connectivity index (χ4n) is 3.19. The van der Waals surface area contributed by atoms with Gasteiger partial charge in [0.1, 0.15) is 24.3 Å². The summed E-state index contributed by atoms with van der Waals surface area (Å²) in [6.07, 6.45) is 2.98. The van der Waals surface area contributed by atoms with Crippen LogP contribution in [0.5, 0.6) is 5.75 Å². The zero-order valence-electron chi connectivity index (χ0n) is 13.5. The molecular weight excluding hydrogens is 280 g/mol. The van der Waals surface area contributed by atoms with Crippen LogP contribution in [-0.2, 0) is 0 Å². The molecule has 1 N–H and O–H groups in total. The van der Waals surface area contributed by atoms with E-state index < -0.39 is 6.23 Å². The number of nitrogens with zero attached hydrogens (tertiary/aromatic N) is 4. The second-order valence-electron chi connectivity index (χ2n) is 6.30. The van der Waals surface area contributed by atoms with E-state index in [2.05, 4.69) is 28.6 Å². The standard InChI is InChI=1S/C16H26N4O2/c1-13(2)19-7-5-18(6-8-19)12-16(21)20-9-10-22-15-3-4-17-11-14(15)20/h3-4,11,13,16,21H,5-10,12H2,1-2H3. The van der Waals surface area contributed by atoms with E-state index in [1.807, 2.05) is 11.0 Å². The van der Waals surface area contributed by atoms with E-state index in [0.29, 0.717) is 25.7 Å². The van der Waals surface area contributed by atoms with Crippen LogP contribution in [0.3, 0.4) is 0 Å². The zero-order chi connectivity index (χ0) is 15.5. The third-order valence-corrected chi connectivity index (χ3v) is 4.58. The molecule has 122 valence electrons. The van der Waals surface area contributed by atoms with Crippen LogP contribution in [0.1, 0.15) is 13.8 Å². The molecule has 2 aliphatic heterocycles. The van der Waals surface area contributed by atoms with Gasteiger partial charge < -0.3 is 14.7 Å². The van der Waals surface area contributed by atoms with Crippen LogP contribution >= 0.6 is 0 Å². The molecule has 6 heteroatoms. The molecule has 0 bridgehead atoms. The summed E-state index contributed by atoms with van der Waals surface area (Å²) >= 11 is 0.